The Morgan fingerprint density at radius 1 is 1.18 bits per heavy atom. The topological polar surface area (TPSA) is 95.6 Å². The number of likely N-dealkylation sites (tertiary alicyclic amines) is 1. The molecule has 2 N–H and O–H groups in total. The summed E-state index contributed by atoms with van der Waals surface area (Å²) in [5.41, 5.74) is -0.544. The van der Waals surface area contributed by atoms with E-state index >= 15 is 0 Å². The van der Waals surface area contributed by atoms with Gasteiger partial charge in [-0.1, -0.05) is 34.6 Å². The molecule has 2 fully saturated rings. The van der Waals surface area contributed by atoms with Crippen molar-refractivity contribution in [1.29, 1.82) is 0 Å². The van der Waals surface area contributed by atoms with Crippen LogP contribution in [0.2, 0.25) is 0 Å². The quantitative estimate of drug-likeness (QED) is 0.642. The van der Waals surface area contributed by atoms with E-state index in [1.807, 2.05) is 20.8 Å². The van der Waals surface area contributed by atoms with E-state index in [0.717, 1.165) is 0 Å². The minimum atomic E-state index is -0.734. The van der Waals surface area contributed by atoms with Crippen LogP contribution in [0.5, 0.6) is 0 Å². The molecule has 0 spiro atoms. The van der Waals surface area contributed by atoms with Crippen LogP contribution in [-0.4, -0.2) is 59.0 Å². The first-order chi connectivity index (χ1) is 12.7. The number of carbonyl (C=O) groups excluding carboxylic acids is 4. The lowest BCUT2D eigenvalue weighted by Gasteiger charge is -2.37. The smallest absolute Gasteiger partial charge is 0.246 e. The molecule has 0 unspecified atom stereocenters. The van der Waals surface area contributed by atoms with Crippen LogP contribution < -0.4 is 10.6 Å². The molecule has 0 aromatic heterocycles. The molecule has 1 aliphatic carbocycles. The summed E-state index contributed by atoms with van der Waals surface area (Å²) < 4.78 is 0. The molecular weight excluding hydrogens is 382 g/mol. The van der Waals surface area contributed by atoms with Crippen LogP contribution in [0.1, 0.15) is 48.5 Å². The fraction of sp³-hybridized carbons (Fsp3) is 0.800. The molecule has 2 aliphatic rings. The van der Waals surface area contributed by atoms with E-state index in [-0.39, 0.29) is 46.6 Å². The molecule has 0 radical (unpaired) electrons. The lowest BCUT2D eigenvalue weighted by molar-refractivity contribution is -0.145. The third-order valence-corrected chi connectivity index (χ3v) is 6.46. The zero-order valence-electron chi connectivity index (χ0n) is 17.8. The zero-order chi connectivity index (χ0) is 21.6. The summed E-state index contributed by atoms with van der Waals surface area (Å²) in [6.07, 6.45) is 0. The molecule has 1 saturated carbocycles. The van der Waals surface area contributed by atoms with Crippen molar-refractivity contribution < 1.29 is 19.2 Å². The number of piperidine rings is 1. The van der Waals surface area contributed by atoms with Gasteiger partial charge >= 0.3 is 0 Å². The number of ketones is 1. The lowest BCUT2D eigenvalue weighted by atomic mass is 9.85. The van der Waals surface area contributed by atoms with E-state index in [1.165, 1.54) is 6.92 Å². The molecule has 7 nitrogen and oxygen atoms in total. The third-order valence-electron chi connectivity index (χ3n) is 6.19. The summed E-state index contributed by atoms with van der Waals surface area (Å²) in [5, 5.41) is 5.46. The van der Waals surface area contributed by atoms with E-state index in [9.17, 15) is 19.2 Å². The van der Waals surface area contributed by atoms with Gasteiger partial charge in [0.2, 0.25) is 17.7 Å². The Kier molecular flexibility index (Phi) is 6.19. The molecule has 1 heterocycles. The summed E-state index contributed by atoms with van der Waals surface area (Å²) in [6, 6.07) is -2.10. The Morgan fingerprint density at radius 3 is 2.21 bits per heavy atom. The van der Waals surface area contributed by atoms with Crippen molar-refractivity contribution in [2.24, 2.45) is 22.7 Å². The van der Waals surface area contributed by atoms with Crippen molar-refractivity contribution in [1.82, 2.24) is 15.5 Å². The van der Waals surface area contributed by atoms with Crippen molar-refractivity contribution in [3.05, 3.63) is 0 Å². The van der Waals surface area contributed by atoms with Gasteiger partial charge in [-0.3, -0.25) is 19.2 Å². The lowest BCUT2D eigenvalue weighted by Crippen LogP contribution is -2.59. The summed E-state index contributed by atoms with van der Waals surface area (Å²) >= 11 is 5.59. The number of alkyl halides is 1. The van der Waals surface area contributed by atoms with Crippen LogP contribution in [0.4, 0.5) is 0 Å². The summed E-state index contributed by atoms with van der Waals surface area (Å²) in [6.45, 7) is 13.3. The average molecular weight is 414 g/mol. The first kappa shape index (κ1) is 22.7. The number of Topliss-reactive ketones (excluding diaryl/α,β-unsaturated/α-hetero) is 1. The molecule has 28 heavy (non-hydrogen) atoms. The van der Waals surface area contributed by atoms with Crippen LogP contribution in [-0.2, 0) is 19.2 Å². The number of amides is 3. The third kappa shape index (κ3) is 4.19. The monoisotopic (exact) mass is 413 g/mol. The van der Waals surface area contributed by atoms with Gasteiger partial charge in [0.15, 0.2) is 5.78 Å². The number of fused-ring (bicyclic) bond motifs is 1. The molecule has 0 aromatic rings. The molecule has 158 valence electrons. The highest BCUT2D eigenvalue weighted by atomic mass is 35.5. The summed E-state index contributed by atoms with van der Waals surface area (Å²) in [7, 11) is 0. The van der Waals surface area contributed by atoms with E-state index in [0.29, 0.717) is 6.54 Å². The molecule has 2 rings (SSSR count). The van der Waals surface area contributed by atoms with Crippen LogP contribution in [0.3, 0.4) is 0 Å². The maximum Gasteiger partial charge on any atom is 0.246 e. The summed E-state index contributed by atoms with van der Waals surface area (Å²) in [4.78, 5) is 51.4. The standard InChI is InChI=1S/C20H32ClN3O4/c1-10(13(26)8-21)22-17(27)15-14-12(20(14,6)7)9-24(15)18(28)16(19(3,4)5)23-11(2)25/h10,12,14-16H,8-9H2,1-7H3,(H,22,27)(H,23,25)/t10-,12-,14-,15-,16+/m0/s1. The number of halogens is 1. The number of rotatable bonds is 6. The van der Waals surface area contributed by atoms with Crippen LogP contribution >= 0.6 is 11.6 Å². The van der Waals surface area contributed by atoms with Gasteiger partial charge in [0, 0.05) is 13.5 Å². The summed E-state index contributed by atoms with van der Waals surface area (Å²) in [5.74, 6) is -1.09. The maximum absolute atomic E-state index is 13.3. The zero-order valence-corrected chi connectivity index (χ0v) is 18.5. The highest BCUT2D eigenvalue weighted by molar-refractivity contribution is 6.28. The number of carbonyl (C=O) groups is 4. The van der Waals surface area contributed by atoms with Gasteiger partial charge in [-0.05, 0) is 29.6 Å². The first-order valence-corrected chi connectivity index (χ1v) is 10.2. The van der Waals surface area contributed by atoms with Crippen molar-refractivity contribution in [2.75, 3.05) is 12.4 Å². The largest absolute Gasteiger partial charge is 0.345 e. The van der Waals surface area contributed by atoms with Gasteiger partial charge in [0.1, 0.15) is 12.1 Å². The highest BCUT2D eigenvalue weighted by Crippen LogP contribution is 2.65. The molecule has 1 aliphatic heterocycles. The Balaban J connectivity index is 2.27. The van der Waals surface area contributed by atoms with Gasteiger partial charge in [-0.15, -0.1) is 11.6 Å². The van der Waals surface area contributed by atoms with Crippen LogP contribution in [0.15, 0.2) is 0 Å². The number of hydrogen-bond donors (Lipinski definition) is 2. The van der Waals surface area contributed by atoms with Crippen LogP contribution in [0.25, 0.3) is 0 Å². The van der Waals surface area contributed by atoms with Gasteiger partial charge in [0.25, 0.3) is 0 Å². The number of hydrogen-bond acceptors (Lipinski definition) is 4. The van der Waals surface area contributed by atoms with Crippen molar-refractivity contribution in [3.63, 3.8) is 0 Å². The molecule has 0 aromatic carbocycles. The van der Waals surface area contributed by atoms with Gasteiger partial charge < -0.3 is 15.5 Å². The Labute approximate surface area is 171 Å². The van der Waals surface area contributed by atoms with Crippen molar-refractivity contribution in [3.8, 4) is 0 Å². The Bertz CT molecular complexity index is 685. The number of nitrogens with zero attached hydrogens (tertiary/aromatic N) is 1. The van der Waals surface area contributed by atoms with Crippen LogP contribution in [0, 0.1) is 22.7 Å². The molecule has 5 atom stereocenters. The number of nitrogens with one attached hydrogen (secondary N) is 2. The minimum absolute atomic E-state index is 0.0349. The fourth-order valence-electron chi connectivity index (χ4n) is 4.33. The molecule has 3 amide bonds. The van der Waals surface area contributed by atoms with E-state index < -0.39 is 23.5 Å². The van der Waals surface area contributed by atoms with E-state index in [1.54, 1.807) is 11.8 Å². The normalized spacial score (nSPS) is 27.4. The predicted octanol–water partition coefficient (Wildman–Crippen LogP) is 1.33. The Hall–Kier alpha value is -1.63. The van der Waals surface area contributed by atoms with Gasteiger partial charge in [0.05, 0.1) is 11.9 Å². The second-order valence-electron chi connectivity index (χ2n) is 9.72. The SMILES string of the molecule is CC(=O)N[C@H](C(=O)N1C[C@H]2[C@@H]([C@H]1C(=O)N[C@@H](C)C(=O)CCl)C2(C)C)C(C)(C)C. The Morgan fingerprint density at radius 2 is 1.75 bits per heavy atom. The van der Waals surface area contributed by atoms with E-state index in [2.05, 4.69) is 24.5 Å². The maximum atomic E-state index is 13.3. The fourth-order valence-corrected chi connectivity index (χ4v) is 4.56. The molecule has 0 bridgehead atoms. The van der Waals surface area contributed by atoms with Gasteiger partial charge in [-0.2, -0.15) is 0 Å². The minimum Gasteiger partial charge on any atom is -0.345 e. The second kappa shape index (κ2) is 7.65. The van der Waals surface area contributed by atoms with E-state index in [4.69, 9.17) is 11.6 Å². The molecule has 8 heteroatoms. The predicted molar refractivity (Wildman–Crippen MR) is 107 cm³/mol. The molecule has 1 saturated heterocycles. The first-order valence-electron chi connectivity index (χ1n) is 9.70. The van der Waals surface area contributed by atoms with Gasteiger partial charge in [-0.25, -0.2) is 0 Å². The average Bonchev–Trinajstić information content (AvgIpc) is 2.94. The molecular formula is C20H32ClN3O4. The van der Waals surface area contributed by atoms with Crippen molar-refractivity contribution in [2.45, 2.75) is 66.6 Å². The second-order valence-corrected chi connectivity index (χ2v) is 9.99. The highest BCUT2D eigenvalue weighted by Gasteiger charge is 2.69. The van der Waals surface area contributed by atoms with Crippen molar-refractivity contribution >= 4 is 35.1 Å².